The van der Waals surface area contributed by atoms with Crippen LogP contribution in [0.3, 0.4) is 0 Å². The minimum Gasteiger partial charge on any atom is -0.494 e. The highest BCUT2D eigenvalue weighted by molar-refractivity contribution is 9.08. The number of pyridine rings is 1. The van der Waals surface area contributed by atoms with E-state index in [-0.39, 0.29) is 12.2 Å². The van der Waals surface area contributed by atoms with Crippen molar-refractivity contribution >= 4 is 15.9 Å². The quantitative estimate of drug-likeness (QED) is 0.801. The lowest BCUT2D eigenvalue weighted by atomic mass is 10.1. The van der Waals surface area contributed by atoms with Crippen molar-refractivity contribution in [3.63, 3.8) is 0 Å². The third-order valence-electron chi connectivity index (χ3n) is 1.95. The lowest BCUT2D eigenvalue weighted by molar-refractivity contribution is 0.141. The summed E-state index contributed by atoms with van der Waals surface area (Å²) in [5.74, 6) is 0.00116. The summed E-state index contributed by atoms with van der Waals surface area (Å²) < 4.78 is 30.3. The van der Waals surface area contributed by atoms with Crippen molar-refractivity contribution in [2.24, 2.45) is 0 Å². The third kappa shape index (κ3) is 2.67. The maximum atomic E-state index is 12.7. The first kappa shape index (κ1) is 12.8. The highest BCUT2D eigenvalue weighted by atomic mass is 79.9. The van der Waals surface area contributed by atoms with E-state index in [1.807, 2.05) is 6.07 Å². The Hall–Kier alpha value is -1.22. The maximum absolute atomic E-state index is 12.7. The van der Waals surface area contributed by atoms with Gasteiger partial charge in [0.05, 0.1) is 25.3 Å². The summed E-state index contributed by atoms with van der Waals surface area (Å²) in [7, 11) is 1.29. The third-order valence-corrected chi connectivity index (χ3v) is 2.52. The number of ether oxygens (including phenoxy) is 1. The summed E-state index contributed by atoms with van der Waals surface area (Å²) in [6.45, 7) is 0. The number of methoxy groups -OCH3 is 1. The van der Waals surface area contributed by atoms with Crippen LogP contribution in [0.5, 0.6) is 5.75 Å². The van der Waals surface area contributed by atoms with E-state index in [1.54, 1.807) is 6.07 Å². The van der Waals surface area contributed by atoms with Gasteiger partial charge >= 0.3 is 0 Å². The lowest BCUT2D eigenvalue weighted by Crippen LogP contribution is -2.03. The summed E-state index contributed by atoms with van der Waals surface area (Å²) in [6.07, 6.45) is -2.70. The molecule has 0 radical (unpaired) electrons. The highest BCUT2D eigenvalue weighted by Crippen LogP contribution is 2.31. The molecule has 16 heavy (non-hydrogen) atoms. The Balaban J connectivity index is 3.35. The molecule has 1 heterocycles. The summed E-state index contributed by atoms with van der Waals surface area (Å²) in [6, 6.07) is 3.49. The van der Waals surface area contributed by atoms with Crippen molar-refractivity contribution in [1.29, 1.82) is 5.26 Å². The van der Waals surface area contributed by atoms with Crippen molar-refractivity contribution in [1.82, 2.24) is 4.98 Å². The van der Waals surface area contributed by atoms with Crippen molar-refractivity contribution < 1.29 is 13.5 Å². The van der Waals surface area contributed by atoms with Gasteiger partial charge < -0.3 is 4.74 Å². The SMILES string of the molecule is COc1c(CC#N)cc(CBr)nc1C(F)F. The van der Waals surface area contributed by atoms with E-state index < -0.39 is 12.1 Å². The van der Waals surface area contributed by atoms with Crippen LogP contribution in [0, 0.1) is 11.3 Å². The van der Waals surface area contributed by atoms with Gasteiger partial charge in [0.25, 0.3) is 6.43 Å². The lowest BCUT2D eigenvalue weighted by Gasteiger charge is -2.12. The average molecular weight is 291 g/mol. The molecule has 3 nitrogen and oxygen atoms in total. The largest absolute Gasteiger partial charge is 0.494 e. The molecule has 6 heteroatoms. The monoisotopic (exact) mass is 290 g/mol. The fourth-order valence-electron chi connectivity index (χ4n) is 1.34. The zero-order valence-corrected chi connectivity index (χ0v) is 10.1. The molecule has 0 bridgehead atoms. The van der Waals surface area contributed by atoms with Crippen LogP contribution >= 0.6 is 15.9 Å². The fraction of sp³-hybridized carbons (Fsp3) is 0.400. The number of hydrogen-bond acceptors (Lipinski definition) is 3. The number of alkyl halides is 3. The molecule has 0 aliphatic carbocycles. The van der Waals surface area contributed by atoms with Crippen LogP contribution < -0.4 is 4.74 Å². The average Bonchev–Trinajstić information content (AvgIpc) is 2.28. The van der Waals surface area contributed by atoms with Gasteiger partial charge in [-0.25, -0.2) is 13.8 Å². The van der Waals surface area contributed by atoms with E-state index in [4.69, 9.17) is 10.00 Å². The van der Waals surface area contributed by atoms with E-state index in [2.05, 4.69) is 20.9 Å². The van der Waals surface area contributed by atoms with E-state index in [0.29, 0.717) is 16.6 Å². The Labute approximate surface area is 100 Å². The molecule has 0 unspecified atom stereocenters. The molecule has 0 saturated heterocycles. The van der Waals surface area contributed by atoms with E-state index >= 15 is 0 Å². The highest BCUT2D eigenvalue weighted by Gasteiger charge is 2.20. The zero-order valence-electron chi connectivity index (χ0n) is 8.51. The topological polar surface area (TPSA) is 45.9 Å². The molecule has 0 amide bonds. The van der Waals surface area contributed by atoms with Crippen LogP contribution in [0.25, 0.3) is 0 Å². The molecular weight excluding hydrogens is 282 g/mol. The van der Waals surface area contributed by atoms with Gasteiger partial charge in [-0.1, -0.05) is 15.9 Å². The minimum atomic E-state index is -2.72. The summed E-state index contributed by atoms with van der Waals surface area (Å²) in [5.41, 5.74) is 0.482. The Bertz CT molecular complexity index is 418. The molecule has 0 saturated carbocycles. The van der Waals surface area contributed by atoms with Gasteiger partial charge in [0, 0.05) is 10.9 Å². The van der Waals surface area contributed by atoms with Gasteiger partial charge in [-0.3, -0.25) is 0 Å². The van der Waals surface area contributed by atoms with Gasteiger partial charge in [-0.05, 0) is 6.07 Å². The number of halogens is 3. The molecule has 0 aliphatic heterocycles. The van der Waals surface area contributed by atoms with Gasteiger partial charge in [0.1, 0.15) is 5.69 Å². The molecule has 0 aliphatic rings. The Kier molecular flexibility index (Phi) is 4.62. The van der Waals surface area contributed by atoms with Gasteiger partial charge in [0.2, 0.25) is 0 Å². The summed E-state index contributed by atoms with van der Waals surface area (Å²) in [4.78, 5) is 3.77. The second kappa shape index (κ2) is 5.75. The molecule has 0 N–H and O–H groups in total. The Morgan fingerprint density at radius 2 is 2.31 bits per heavy atom. The van der Waals surface area contributed by atoms with Crippen LogP contribution in [0.15, 0.2) is 6.07 Å². The van der Waals surface area contributed by atoms with Gasteiger partial charge in [0.15, 0.2) is 5.75 Å². The normalized spacial score (nSPS) is 10.2. The van der Waals surface area contributed by atoms with E-state index in [0.717, 1.165) is 0 Å². The predicted octanol–water partition coefficient (Wildman–Crippen LogP) is 2.99. The van der Waals surface area contributed by atoms with Gasteiger partial charge in [-0.2, -0.15) is 5.26 Å². The smallest absolute Gasteiger partial charge is 0.284 e. The first-order chi connectivity index (χ1) is 7.63. The first-order valence-corrected chi connectivity index (χ1v) is 5.54. The van der Waals surface area contributed by atoms with Crippen molar-refractivity contribution in [2.75, 3.05) is 7.11 Å². The predicted molar refractivity (Wildman–Crippen MR) is 57.7 cm³/mol. The van der Waals surface area contributed by atoms with E-state index in [9.17, 15) is 8.78 Å². The number of rotatable bonds is 4. The van der Waals surface area contributed by atoms with Crippen molar-refractivity contribution in [3.05, 3.63) is 23.0 Å². The van der Waals surface area contributed by atoms with Crippen LogP contribution in [-0.2, 0) is 11.8 Å². The van der Waals surface area contributed by atoms with Crippen molar-refractivity contribution in [3.8, 4) is 11.8 Å². The van der Waals surface area contributed by atoms with Crippen LogP contribution in [0.2, 0.25) is 0 Å². The molecule has 86 valence electrons. The fourth-order valence-corrected chi connectivity index (χ4v) is 1.62. The van der Waals surface area contributed by atoms with Crippen LogP contribution in [-0.4, -0.2) is 12.1 Å². The standard InChI is InChI=1S/C10H9BrF2N2O/c1-16-9-6(2-3-14)4-7(5-11)15-8(9)10(12)13/h4,10H,2,5H2,1H3. The zero-order chi connectivity index (χ0) is 12.1. The number of hydrogen-bond donors (Lipinski definition) is 0. The molecular formula is C10H9BrF2N2O. The molecule has 1 aromatic heterocycles. The number of nitrogens with zero attached hydrogens (tertiary/aromatic N) is 2. The number of aromatic nitrogens is 1. The second-order valence-corrected chi connectivity index (χ2v) is 3.52. The maximum Gasteiger partial charge on any atom is 0.284 e. The molecule has 0 aromatic carbocycles. The first-order valence-electron chi connectivity index (χ1n) is 4.41. The molecule has 0 fully saturated rings. The molecule has 0 spiro atoms. The van der Waals surface area contributed by atoms with E-state index in [1.165, 1.54) is 7.11 Å². The molecule has 0 atom stereocenters. The second-order valence-electron chi connectivity index (χ2n) is 2.96. The summed E-state index contributed by atoms with van der Waals surface area (Å²) in [5, 5.41) is 8.96. The number of nitriles is 1. The minimum absolute atomic E-state index is 0.00116. The van der Waals surface area contributed by atoms with Crippen LogP contribution in [0.1, 0.15) is 23.4 Å². The van der Waals surface area contributed by atoms with Crippen molar-refractivity contribution in [2.45, 2.75) is 18.2 Å². The van der Waals surface area contributed by atoms with Crippen LogP contribution in [0.4, 0.5) is 8.78 Å². The Morgan fingerprint density at radius 3 is 2.75 bits per heavy atom. The summed E-state index contributed by atoms with van der Waals surface area (Å²) >= 11 is 3.14. The Morgan fingerprint density at radius 1 is 1.62 bits per heavy atom. The molecule has 1 rings (SSSR count). The molecule has 1 aromatic rings. The van der Waals surface area contributed by atoms with Gasteiger partial charge in [-0.15, -0.1) is 0 Å².